The van der Waals surface area contributed by atoms with Crippen molar-refractivity contribution in [1.82, 2.24) is 4.57 Å². The van der Waals surface area contributed by atoms with Crippen molar-refractivity contribution in [2.24, 2.45) is 7.05 Å². The van der Waals surface area contributed by atoms with Gasteiger partial charge in [0.1, 0.15) is 5.69 Å². The zero-order valence-corrected chi connectivity index (χ0v) is 14.5. The van der Waals surface area contributed by atoms with Crippen molar-refractivity contribution in [3.05, 3.63) is 46.7 Å². The number of ether oxygens (including phenoxy) is 1. The number of nitrogens with one attached hydrogen (secondary N) is 1. The maximum absolute atomic E-state index is 12.5. The minimum absolute atomic E-state index is 0.0894. The lowest BCUT2D eigenvalue weighted by molar-refractivity contribution is 0.0515. The lowest BCUT2D eigenvalue weighted by Crippen LogP contribution is -2.14. The molecule has 2 aromatic rings. The van der Waals surface area contributed by atoms with Crippen molar-refractivity contribution in [3.8, 4) is 0 Å². The highest BCUT2D eigenvalue weighted by Gasteiger charge is 2.20. The Morgan fingerprint density at radius 2 is 2.04 bits per heavy atom. The normalized spacial score (nSPS) is 11.3. The molecule has 8 heteroatoms. The summed E-state index contributed by atoms with van der Waals surface area (Å²) in [5, 5.41) is 0.330. The molecule has 0 saturated carbocycles. The Morgan fingerprint density at radius 3 is 2.70 bits per heavy atom. The number of aromatic nitrogens is 1. The van der Waals surface area contributed by atoms with E-state index in [4.69, 9.17) is 16.3 Å². The summed E-state index contributed by atoms with van der Waals surface area (Å²) in [6.07, 6.45) is 1.50. The van der Waals surface area contributed by atoms with Crippen LogP contribution in [0.3, 0.4) is 0 Å². The van der Waals surface area contributed by atoms with Gasteiger partial charge in [-0.05, 0) is 37.6 Å². The monoisotopic (exact) mass is 356 g/mol. The Balaban J connectivity index is 2.33. The van der Waals surface area contributed by atoms with Gasteiger partial charge in [-0.25, -0.2) is 13.2 Å². The van der Waals surface area contributed by atoms with E-state index in [0.717, 1.165) is 0 Å². The summed E-state index contributed by atoms with van der Waals surface area (Å²) >= 11 is 5.87. The SMILES string of the molecule is CCOC(=O)c1cc(NS(=O)(=O)c2cc(Cl)ccc2C)cn1C. The first-order valence-electron chi connectivity index (χ1n) is 6.87. The van der Waals surface area contributed by atoms with E-state index in [1.807, 2.05) is 0 Å². The van der Waals surface area contributed by atoms with Crippen LogP contribution in [-0.4, -0.2) is 25.6 Å². The molecular formula is C15H17ClN2O4S. The fourth-order valence-electron chi connectivity index (χ4n) is 2.10. The third kappa shape index (κ3) is 3.86. The van der Waals surface area contributed by atoms with Gasteiger partial charge in [-0.1, -0.05) is 17.7 Å². The van der Waals surface area contributed by atoms with Gasteiger partial charge in [0.15, 0.2) is 0 Å². The maximum Gasteiger partial charge on any atom is 0.355 e. The summed E-state index contributed by atoms with van der Waals surface area (Å²) in [6.45, 7) is 3.62. The fourth-order valence-corrected chi connectivity index (χ4v) is 3.64. The van der Waals surface area contributed by atoms with Crippen LogP contribution in [0.15, 0.2) is 35.4 Å². The quantitative estimate of drug-likeness (QED) is 0.835. The molecule has 124 valence electrons. The Labute approximate surface area is 140 Å². The van der Waals surface area contributed by atoms with Crippen molar-refractivity contribution >= 4 is 33.3 Å². The van der Waals surface area contributed by atoms with Crippen LogP contribution in [0.1, 0.15) is 23.0 Å². The van der Waals surface area contributed by atoms with Crippen molar-refractivity contribution in [2.75, 3.05) is 11.3 Å². The van der Waals surface area contributed by atoms with Crippen molar-refractivity contribution < 1.29 is 17.9 Å². The van der Waals surface area contributed by atoms with Crippen molar-refractivity contribution in [3.63, 3.8) is 0 Å². The Kier molecular flexibility index (Phi) is 5.01. The van der Waals surface area contributed by atoms with Gasteiger partial charge in [-0.15, -0.1) is 0 Å². The maximum atomic E-state index is 12.5. The number of benzene rings is 1. The van der Waals surface area contributed by atoms with Crippen molar-refractivity contribution in [1.29, 1.82) is 0 Å². The second kappa shape index (κ2) is 6.64. The van der Waals surface area contributed by atoms with E-state index in [1.54, 1.807) is 33.0 Å². The average molecular weight is 357 g/mol. The lowest BCUT2D eigenvalue weighted by Gasteiger charge is -2.09. The van der Waals surface area contributed by atoms with E-state index in [1.165, 1.54) is 22.9 Å². The molecule has 0 aliphatic carbocycles. The van der Waals surface area contributed by atoms with E-state index in [2.05, 4.69) is 4.72 Å². The van der Waals surface area contributed by atoms with Crippen LogP contribution in [0.2, 0.25) is 5.02 Å². The molecule has 0 fully saturated rings. The van der Waals surface area contributed by atoms with Crippen LogP contribution in [0.4, 0.5) is 5.69 Å². The predicted molar refractivity (Wildman–Crippen MR) is 88.4 cm³/mol. The Hall–Kier alpha value is -1.99. The van der Waals surface area contributed by atoms with Crippen LogP contribution in [0.5, 0.6) is 0 Å². The number of nitrogens with zero attached hydrogens (tertiary/aromatic N) is 1. The summed E-state index contributed by atoms with van der Waals surface area (Å²) in [4.78, 5) is 11.9. The van der Waals surface area contributed by atoms with Crippen molar-refractivity contribution in [2.45, 2.75) is 18.7 Å². The van der Waals surface area contributed by atoms with Gasteiger partial charge in [-0.3, -0.25) is 4.72 Å². The van der Waals surface area contributed by atoms with E-state index >= 15 is 0 Å². The molecule has 1 aromatic heterocycles. The molecule has 0 amide bonds. The number of rotatable bonds is 5. The molecule has 1 N–H and O–H groups in total. The summed E-state index contributed by atoms with van der Waals surface area (Å²) in [7, 11) is -2.17. The zero-order valence-electron chi connectivity index (χ0n) is 13.0. The predicted octanol–water partition coefficient (Wildman–Crippen LogP) is 2.96. The van der Waals surface area contributed by atoms with Gasteiger partial charge < -0.3 is 9.30 Å². The number of carbonyl (C=O) groups excluding carboxylic acids is 1. The molecule has 0 bridgehead atoms. The fraction of sp³-hybridized carbons (Fsp3) is 0.267. The number of hydrogen-bond donors (Lipinski definition) is 1. The number of halogens is 1. The molecule has 0 atom stereocenters. The molecule has 0 aliphatic heterocycles. The number of carbonyl (C=O) groups is 1. The molecule has 6 nitrogen and oxygen atoms in total. The van der Waals surface area contributed by atoms with Gasteiger partial charge >= 0.3 is 5.97 Å². The summed E-state index contributed by atoms with van der Waals surface area (Å²) in [5.41, 5.74) is 1.10. The van der Waals surface area contributed by atoms with Crippen LogP contribution < -0.4 is 4.72 Å². The molecule has 1 heterocycles. The second-order valence-corrected chi connectivity index (χ2v) is 7.05. The minimum atomic E-state index is -3.81. The molecular weight excluding hydrogens is 340 g/mol. The number of hydrogen-bond acceptors (Lipinski definition) is 4. The molecule has 0 radical (unpaired) electrons. The summed E-state index contributed by atoms with van der Waals surface area (Å²) < 4.78 is 33.9. The number of aryl methyl sites for hydroxylation is 2. The number of anilines is 1. The van der Waals surface area contributed by atoms with Crippen LogP contribution in [0, 0.1) is 6.92 Å². The first-order chi connectivity index (χ1) is 10.7. The third-order valence-electron chi connectivity index (χ3n) is 3.18. The standard InChI is InChI=1S/C15H17ClN2O4S/c1-4-22-15(19)13-8-12(9-18(13)3)17-23(20,21)14-7-11(16)6-5-10(14)2/h5-9,17H,4H2,1-3H3. The van der Waals surface area contributed by atoms with Crippen LogP contribution >= 0.6 is 11.6 Å². The Morgan fingerprint density at radius 1 is 1.35 bits per heavy atom. The number of esters is 1. The summed E-state index contributed by atoms with van der Waals surface area (Å²) in [6, 6.07) is 6.06. The highest BCUT2D eigenvalue weighted by Crippen LogP contribution is 2.24. The third-order valence-corrected chi connectivity index (χ3v) is 4.94. The first kappa shape index (κ1) is 17.4. The Bertz CT molecular complexity index is 843. The second-order valence-electron chi connectivity index (χ2n) is 4.96. The minimum Gasteiger partial charge on any atom is -0.461 e. The van der Waals surface area contributed by atoms with Gasteiger partial charge in [0.25, 0.3) is 10.0 Å². The van der Waals surface area contributed by atoms with Gasteiger partial charge in [0, 0.05) is 18.3 Å². The molecule has 2 rings (SSSR count). The van der Waals surface area contributed by atoms with Crippen LogP contribution in [0.25, 0.3) is 0 Å². The lowest BCUT2D eigenvalue weighted by atomic mass is 10.2. The smallest absolute Gasteiger partial charge is 0.355 e. The number of sulfonamides is 1. The van der Waals surface area contributed by atoms with E-state index < -0.39 is 16.0 Å². The zero-order chi connectivity index (χ0) is 17.2. The molecule has 0 spiro atoms. The van der Waals surface area contributed by atoms with E-state index in [9.17, 15) is 13.2 Å². The van der Waals surface area contributed by atoms with Gasteiger partial charge in [-0.2, -0.15) is 0 Å². The molecule has 23 heavy (non-hydrogen) atoms. The molecule has 0 aliphatic rings. The molecule has 1 aromatic carbocycles. The largest absolute Gasteiger partial charge is 0.461 e. The highest BCUT2D eigenvalue weighted by molar-refractivity contribution is 7.92. The van der Waals surface area contributed by atoms with Gasteiger partial charge in [0.2, 0.25) is 0 Å². The topological polar surface area (TPSA) is 77.4 Å². The van der Waals surface area contributed by atoms with Crippen LogP contribution in [-0.2, 0) is 21.8 Å². The van der Waals surface area contributed by atoms with E-state index in [0.29, 0.717) is 10.6 Å². The molecule has 0 unspecified atom stereocenters. The summed E-state index contributed by atoms with van der Waals surface area (Å²) in [5.74, 6) is -0.514. The first-order valence-corrected chi connectivity index (χ1v) is 8.73. The average Bonchev–Trinajstić information content (AvgIpc) is 2.81. The molecule has 0 saturated heterocycles. The van der Waals surface area contributed by atoms with E-state index in [-0.39, 0.29) is 22.9 Å². The van der Waals surface area contributed by atoms with Gasteiger partial charge in [0.05, 0.1) is 17.2 Å². The highest BCUT2D eigenvalue weighted by atomic mass is 35.5.